The highest BCUT2D eigenvalue weighted by Crippen LogP contribution is 2.92. The van der Waals surface area contributed by atoms with Crippen molar-refractivity contribution in [2.75, 3.05) is 27.2 Å². The maximum absolute atomic E-state index is 5.66. The van der Waals surface area contributed by atoms with Crippen LogP contribution in [0.2, 0.25) is 0 Å². The molecule has 0 radical (unpaired) electrons. The summed E-state index contributed by atoms with van der Waals surface area (Å²) in [5.41, 5.74) is 4.59. The van der Waals surface area contributed by atoms with E-state index in [1.54, 1.807) is 11.1 Å². The smallest absolute Gasteiger partial charge is 0.119 e. The monoisotopic (exact) mass is 362 g/mol. The van der Waals surface area contributed by atoms with Crippen LogP contribution >= 0.6 is 0 Å². The fourth-order valence-electron chi connectivity index (χ4n) is 8.70. The Morgan fingerprint density at radius 2 is 2.11 bits per heavy atom. The average molecular weight is 363 g/mol. The Bertz CT molecular complexity index is 875. The predicted octanol–water partition coefficient (Wildman–Crippen LogP) is 3.14. The molecule has 1 aliphatic heterocycles. The molecule has 1 N–H and O–H groups in total. The van der Waals surface area contributed by atoms with E-state index in [0.717, 1.165) is 11.7 Å². The maximum Gasteiger partial charge on any atom is 0.119 e. The number of nitrogens with zero attached hydrogens (tertiary/aromatic N) is 1. The summed E-state index contributed by atoms with van der Waals surface area (Å²) in [6.07, 6.45) is 12.1. The van der Waals surface area contributed by atoms with E-state index in [4.69, 9.17) is 4.74 Å². The maximum atomic E-state index is 5.66. The standard InChI is InChI=1S/C24H30N2O/c1-25-20-12-23-19-9-18(27-2)7-5-16(19)10-22(23)14-26(13-15-3-4-15)21-8-6-17(20)11-24(21,22)23/h5-9,15,17,20-21,25H,3-4,10-14H2,1-2H3/t17?,20-,21?,22?,23?,24?/m0/s1. The number of benzene rings is 1. The zero-order valence-corrected chi connectivity index (χ0v) is 16.5. The zero-order chi connectivity index (χ0) is 18.0. The van der Waals surface area contributed by atoms with Crippen molar-refractivity contribution in [3.05, 3.63) is 41.5 Å². The molecule has 27 heavy (non-hydrogen) atoms. The van der Waals surface area contributed by atoms with Gasteiger partial charge in [-0.2, -0.15) is 0 Å². The normalized spacial score (nSPS) is 48.1. The van der Waals surface area contributed by atoms with E-state index in [9.17, 15) is 0 Å². The summed E-state index contributed by atoms with van der Waals surface area (Å²) in [5, 5.41) is 3.69. The van der Waals surface area contributed by atoms with Gasteiger partial charge in [-0.25, -0.2) is 0 Å². The third-order valence-electron chi connectivity index (χ3n) is 9.71. The van der Waals surface area contributed by atoms with E-state index < -0.39 is 0 Å². The topological polar surface area (TPSA) is 24.5 Å². The Balaban J connectivity index is 1.41. The zero-order valence-electron chi connectivity index (χ0n) is 16.5. The Morgan fingerprint density at radius 1 is 1.22 bits per heavy atom. The van der Waals surface area contributed by atoms with Gasteiger partial charge < -0.3 is 10.1 Å². The lowest BCUT2D eigenvalue weighted by atomic mass is 9.62. The molecule has 1 saturated heterocycles. The summed E-state index contributed by atoms with van der Waals surface area (Å²) in [5.74, 6) is 2.74. The molecule has 2 bridgehead atoms. The van der Waals surface area contributed by atoms with Crippen molar-refractivity contribution in [3.8, 4) is 5.75 Å². The number of hydrogen-bond acceptors (Lipinski definition) is 3. The molecule has 7 rings (SSSR count). The lowest BCUT2D eigenvalue weighted by Gasteiger charge is -2.48. The number of likely N-dealkylation sites (tertiary alicyclic amines) is 1. The van der Waals surface area contributed by atoms with Gasteiger partial charge in [0.25, 0.3) is 0 Å². The molecule has 1 aromatic rings. The largest absolute Gasteiger partial charge is 0.497 e. The quantitative estimate of drug-likeness (QED) is 0.833. The molecule has 3 saturated carbocycles. The number of nitrogens with one attached hydrogen (secondary N) is 1. The Hall–Kier alpha value is -1.32. The highest BCUT2D eigenvalue weighted by Gasteiger charge is 2.94. The van der Waals surface area contributed by atoms with Crippen molar-refractivity contribution in [3.63, 3.8) is 0 Å². The third-order valence-corrected chi connectivity index (χ3v) is 9.71. The van der Waals surface area contributed by atoms with Gasteiger partial charge in [-0.15, -0.1) is 0 Å². The first-order valence-electron chi connectivity index (χ1n) is 11.0. The average Bonchev–Trinajstić information content (AvgIpc) is 3.52. The number of ether oxygens (including phenoxy) is 1. The van der Waals surface area contributed by atoms with E-state index in [1.807, 2.05) is 7.11 Å². The van der Waals surface area contributed by atoms with Gasteiger partial charge in [0.1, 0.15) is 5.75 Å². The Morgan fingerprint density at radius 3 is 2.89 bits per heavy atom. The van der Waals surface area contributed by atoms with Crippen molar-refractivity contribution in [1.29, 1.82) is 0 Å². The third kappa shape index (κ3) is 1.48. The van der Waals surface area contributed by atoms with Crippen molar-refractivity contribution in [1.82, 2.24) is 10.2 Å². The van der Waals surface area contributed by atoms with Crippen LogP contribution < -0.4 is 10.1 Å². The number of hydrogen-bond donors (Lipinski definition) is 1. The van der Waals surface area contributed by atoms with Crippen LogP contribution in [0.4, 0.5) is 0 Å². The number of piperidine rings is 1. The van der Waals surface area contributed by atoms with Gasteiger partial charge in [0, 0.05) is 41.4 Å². The van der Waals surface area contributed by atoms with Gasteiger partial charge in [0.2, 0.25) is 0 Å². The van der Waals surface area contributed by atoms with Crippen LogP contribution in [-0.2, 0) is 11.8 Å². The van der Waals surface area contributed by atoms with Crippen molar-refractivity contribution in [2.45, 2.75) is 49.6 Å². The van der Waals surface area contributed by atoms with E-state index in [-0.39, 0.29) is 0 Å². The molecule has 6 atom stereocenters. The van der Waals surface area contributed by atoms with Gasteiger partial charge in [-0.3, -0.25) is 4.90 Å². The summed E-state index contributed by atoms with van der Waals surface area (Å²) < 4.78 is 5.66. The van der Waals surface area contributed by atoms with Gasteiger partial charge >= 0.3 is 0 Å². The number of fused-ring (bicyclic) bond motifs is 2. The summed E-state index contributed by atoms with van der Waals surface area (Å²) in [4.78, 5) is 2.89. The van der Waals surface area contributed by atoms with E-state index >= 15 is 0 Å². The SMILES string of the molecule is CN[C@H]1CC23c4cc(OC)ccc4CC24CN(CC2CC2)C2C=CC1CC243. The molecule has 5 unspecified atom stereocenters. The molecule has 5 aliphatic carbocycles. The van der Waals surface area contributed by atoms with Gasteiger partial charge in [0.05, 0.1) is 7.11 Å². The molecule has 1 aromatic carbocycles. The van der Waals surface area contributed by atoms with E-state index in [1.165, 1.54) is 45.2 Å². The van der Waals surface area contributed by atoms with Gasteiger partial charge in [-0.1, -0.05) is 18.2 Å². The number of methoxy groups -OCH3 is 1. The highest BCUT2D eigenvalue weighted by molar-refractivity contribution is 5.64. The van der Waals surface area contributed by atoms with Crippen LogP contribution in [0.3, 0.4) is 0 Å². The highest BCUT2D eigenvalue weighted by atomic mass is 16.5. The van der Waals surface area contributed by atoms with Crippen LogP contribution in [-0.4, -0.2) is 44.2 Å². The summed E-state index contributed by atoms with van der Waals surface area (Å²) >= 11 is 0. The van der Waals surface area contributed by atoms with E-state index in [2.05, 4.69) is 47.6 Å². The fourth-order valence-corrected chi connectivity index (χ4v) is 8.70. The first-order chi connectivity index (χ1) is 13.2. The lowest BCUT2D eigenvalue weighted by molar-refractivity contribution is 0.106. The second kappa shape index (κ2) is 4.63. The van der Waals surface area contributed by atoms with Crippen LogP contribution in [0, 0.1) is 22.7 Å². The molecule has 6 aliphatic rings. The molecular weight excluding hydrogens is 332 g/mol. The fraction of sp³-hybridized carbons (Fsp3) is 0.667. The van der Waals surface area contributed by atoms with Gasteiger partial charge in [-0.05, 0) is 74.2 Å². The van der Waals surface area contributed by atoms with Crippen LogP contribution in [0.1, 0.15) is 36.8 Å². The summed E-state index contributed by atoms with van der Waals surface area (Å²) in [6.45, 7) is 2.66. The Labute approximate surface area is 162 Å². The minimum absolute atomic E-state index is 0.378. The first-order valence-corrected chi connectivity index (χ1v) is 11.0. The van der Waals surface area contributed by atoms with Gasteiger partial charge in [0.15, 0.2) is 0 Å². The minimum Gasteiger partial charge on any atom is -0.497 e. The second-order valence-electron chi connectivity index (χ2n) is 10.3. The lowest BCUT2D eigenvalue weighted by Crippen LogP contribution is -2.53. The molecule has 0 aromatic heterocycles. The van der Waals surface area contributed by atoms with E-state index in [0.29, 0.717) is 34.2 Å². The molecular formula is C24H30N2O. The molecule has 3 spiro atoms. The van der Waals surface area contributed by atoms with Crippen molar-refractivity contribution < 1.29 is 4.74 Å². The van der Waals surface area contributed by atoms with Crippen LogP contribution in [0.15, 0.2) is 30.4 Å². The minimum atomic E-state index is 0.378. The number of rotatable bonds is 4. The summed E-state index contributed by atoms with van der Waals surface area (Å²) in [7, 11) is 3.98. The molecule has 0 amide bonds. The Kier molecular flexibility index (Phi) is 2.67. The molecule has 142 valence electrons. The predicted molar refractivity (Wildman–Crippen MR) is 106 cm³/mol. The first kappa shape index (κ1) is 15.6. The van der Waals surface area contributed by atoms with Crippen molar-refractivity contribution >= 4 is 0 Å². The summed E-state index contributed by atoms with van der Waals surface area (Å²) in [6, 6.07) is 8.25. The molecule has 1 heterocycles. The van der Waals surface area contributed by atoms with Crippen molar-refractivity contribution in [2.24, 2.45) is 22.7 Å². The molecule has 4 fully saturated rings. The molecule has 3 heteroatoms. The van der Waals surface area contributed by atoms with Crippen LogP contribution in [0.25, 0.3) is 0 Å². The molecule has 3 nitrogen and oxygen atoms in total. The second-order valence-corrected chi connectivity index (χ2v) is 10.3. The van der Waals surface area contributed by atoms with Crippen LogP contribution in [0.5, 0.6) is 5.75 Å².